The average molecular weight is 442 g/mol. The first-order chi connectivity index (χ1) is 15.1. The minimum atomic E-state index is -0.534. The number of nitrogens with zero attached hydrogens (tertiary/aromatic N) is 2. The Hall–Kier alpha value is -2.77. The second-order valence-corrected chi connectivity index (χ2v) is 8.60. The molecule has 2 unspecified atom stereocenters. The van der Waals surface area contributed by atoms with Crippen LogP contribution in [0.2, 0.25) is 5.02 Å². The maximum absolute atomic E-state index is 12.6. The molecule has 5 rings (SSSR count). The van der Waals surface area contributed by atoms with Crippen molar-refractivity contribution in [2.45, 2.75) is 50.4 Å². The van der Waals surface area contributed by atoms with Gasteiger partial charge in [-0.2, -0.15) is 0 Å². The molecule has 0 aliphatic carbocycles. The maximum Gasteiger partial charge on any atom is 0.415 e. The van der Waals surface area contributed by atoms with E-state index in [0.29, 0.717) is 28.9 Å². The van der Waals surface area contributed by atoms with Crippen molar-refractivity contribution < 1.29 is 18.7 Å². The van der Waals surface area contributed by atoms with Crippen LogP contribution < -0.4 is 14.8 Å². The standard InChI is InChI=1S/C23H24ClN3O4/c1-29-21-20-19(3-2-10-25-20)30-22(21)31-23(28)26-16-11-17-8-9-18(12-16)27(17)13-14-4-6-15(24)7-5-14/h2-7,10,16-18H,8-9,11-13H2,1H3,(H,26,28). The summed E-state index contributed by atoms with van der Waals surface area (Å²) < 4.78 is 16.4. The number of aromatic nitrogens is 1. The number of carbonyl (C=O) groups is 1. The fraction of sp³-hybridized carbons (Fsp3) is 0.391. The Balaban J connectivity index is 1.21. The van der Waals surface area contributed by atoms with E-state index >= 15 is 0 Å². The molecule has 1 N–H and O–H groups in total. The second-order valence-electron chi connectivity index (χ2n) is 8.16. The fourth-order valence-corrected chi connectivity index (χ4v) is 4.99. The van der Waals surface area contributed by atoms with Crippen molar-refractivity contribution in [3.05, 3.63) is 53.2 Å². The summed E-state index contributed by atoms with van der Waals surface area (Å²) in [4.78, 5) is 19.4. The zero-order valence-corrected chi connectivity index (χ0v) is 18.0. The van der Waals surface area contributed by atoms with Crippen LogP contribution >= 0.6 is 11.6 Å². The number of pyridine rings is 1. The van der Waals surface area contributed by atoms with Gasteiger partial charge >= 0.3 is 12.0 Å². The summed E-state index contributed by atoms with van der Waals surface area (Å²) in [7, 11) is 1.50. The van der Waals surface area contributed by atoms with Gasteiger partial charge in [0.25, 0.3) is 0 Å². The summed E-state index contributed by atoms with van der Waals surface area (Å²) in [6.45, 7) is 0.910. The maximum atomic E-state index is 12.6. The molecule has 4 heterocycles. The van der Waals surface area contributed by atoms with Crippen LogP contribution in [0.3, 0.4) is 0 Å². The molecule has 2 atom stereocenters. The van der Waals surface area contributed by atoms with Crippen molar-refractivity contribution >= 4 is 28.8 Å². The SMILES string of the molecule is COc1c(OC(=O)NC2CC3CCC(C2)N3Cc2ccc(Cl)cc2)oc2cccnc12. The molecule has 162 valence electrons. The first kappa shape index (κ1) is 20.2. The van der Waals surface area contributed by atoms with E-state index in [-0.39, 0.29) is 12.0 Å². The van der Waals surface area contributed by atoms with Gasteiger partial charge in [-0.3, -0.25) is 4.90 Å². The highest BCUT2D eigenvalue weighted by Crippen LogP contribution is 2.39. The summed E-state index contributed by atoms with van der Waals surface area (Å²) in [5.74, 6) is 0.348. The van der Waals surface area contributed by atoms with E-state index in [2.05, 4.69) is 27.3 Å². The molecule has 2 aliphatic heterocycles. The Morgan fingerprint density at radius 2 is 1.97 bits per heavy atom. The Kier molecular flexibility index (Phi) is 5.46. The number of carbonyl (C=O) groups excluding carboxylic acids is 1. The zero-order chi connectivity index (χ0) is 21.4. The molecular formula is C23H24ClN3O4. The number of hydrogen-bond donors (Lipinski definition) is 1. The monoisotopic (exact) mass is 441 g/mol. The molecule has 0 radical (unpaired) electrons. The molecular weight excluding hydrogens is 418 g/mol. The van der Waals surface area contributed by atoms with E-state index in [4.69, 9.17) is 25.5 Å². The number of furan rings is 1. The third-order valence-corrected chi connectivity index (χ3v) is 6.50. The van der Waals surface area contributed by atoms with Crippen molar-refractivity contribution in [1.29, 1.82) is 0 Å². The largest absolute Gasteiger partial charge is 0.488 e. The number of nitrogens with one attached hydrogen (secondary N) is 1. The lowest BCUT2D eigenvalue weighted by Crippen LogP contribution is -2.50. The van der Waals surface area contributed by atoms with E-state index in [9.17, 15) is 4.79 Å². The molecule has 2 aliphatic rings. The fourth-order valence-electron chi connectivity index (χ4n) is 4.86. The molecule has 1 aromatic carbocycles. The number of rotatable bonds is 5. The van der Waals surface area contributed by atoms with Crippen LogP contribution in [0.4, 0.5) is 4.79 Å². The number of methoxy groups -OCH3 is 1. The molecule has 3 aromatic rings. The van der Waals surface area contributed by atoms with Crippen LogP contribution in [-0.2, 0) is 6.54 Å². The molecule has 0 spiro atoms. The number of piperidine rings is 1. The Labute approximate surface area is 185 Å². The van der Waals surface area contributed by atoms with Crippen LogP contribution in [0.25, 0.3) is 11.1 Å². The topological polar surface area (TPSA) is 76.8 Å². The normalized spacial score (nSPS) is 23.1. The number of fused-ring (bicyclic) bond motifs is 3. The molecule has 2 aromatic heterocycles. The number of benzene rings is 1. The van der Waals surface area contributed by atoms with Gasteiger partial charge in [-0.15, -0.1) is 0 Å². The summed E-state index contributed by atoms with van der Waals surface area (Å²) in [5.41, 5.74) is 2.30. The lowest BCUT2D eigenvalue weighted by Gasteiger charge is -2.39. The van der Waals surface area contributed by atoms with E-state index in [1.54, 1.807) is 18.3 Å². The van der Waals surface area contributed by atoms with Gasteiger partial charge in [-0.25, -0.2) is 9.78 Å². The Bertz CT molecular complexity index is 1070. The van der Waals surface area contributed by atoms with Crippen LogP contribution in [0.1, 0.15) is 31.2 Å². The van der Waals surface area contributed by atoms with Crippen molar-refractivity contribution in [3.8, 4) is 11.7 Å². The minimum absolute atomic E-state index is 0.0249. The van der Waals surface area contributed by atoms with Gasteiger partial charge in [0.05, 0.1) is 7.11 Å². The quantitative estimate of drug-likeness (QED) is 0.614. The van der Waals surface area contributed by atoms with Crippen LogP contribution in [0, 0.1) is 0 Å². The molecule has 2 fully saturated rings. The van der Waals surface area contributed by atoms with Crippen molar-refractivity contribution in [2.75, 3.05) is 7.11 Å². The molecule has 0 saturated carbocycles. The minimum Gasteiger partial charge on any atom is -0.488 e. The summed E-state index contributed by atoms with van der Waals surface area (Å²) in [5, 5.41) is 3.77. The van der Waals surface area contributed by atoms with Gasteiger partial charge < -0.3 is 19.2 Å². The van der Waals surface area contributed by atoms with Gasteiger partial charge in [-0.05, 0) is 55.5 Å². The Morgan fingerprint density at radius 3 is 2.68 bits per heavy atom. The van der Waals surface area contributed by atoms with Crippen LogP contribution in [-0.4, -0.2) is 41.2 Å². The second kappa shape index (κ2) is 8.40. The predicted molar refractivity (Wildman–Crippen MR) is 117 cm³/mol. The number of halogens is 1. The third kappa shape index (κ3) is 4.07. The molecule has 1 amide bonds. The first-order valence-electron chi connectivity index (χ1n) is 10.5. The lowest BCUT2D eigenvalue weighted by molar-refractivity contribution is 0.106. The van der Waals surface area contributed by atoms with Crippen LogP contribution in [0.5, 0.6) is 11.7 Å². The van der Waals surface area contributed by atoms with Gasteiger partial charge in [0, 0.05) is 35.9 Å². The van der Waals surface area contributed by atoms with Gasteiger partial charge in [0.1, 0.15) is 0 Å². The number of amides is 1. The van der Waals surface area contributed by atoms with Gasteiger partial charge in [0.2, 0.25) is 5.75 Å². The number of hydrogen-bond acceptors (Lipinski definition) is 6. The summed E-state index contributed by atoms with van der Waals surface area (Å²) in [6, 6.07) is 12.5. The van der Waals surface area contributed by atoms with E-state index in [1.165, 1.54) is 12.7 Å². The number of ether oxygens (including phenoxy) is 2. The summed E-state index contributed by atoms with van der Waals surface area (Å²) >= 11 is 6.01. The molecule has 2 bridgehead atoms. The highest BCUT2D eigenvalue weighted by molar-refractivity contribution is 6.30. The average Bonchev–Trinajstić information content (AvgIpc) is 3.22. The van der Waals surface area contributed by atoms with E-state index in [1.807, 2.05) is 12.1 Å². The molecule has 7 nitrogen and oxygen atoms in total. The van der Waals surface area contributed by atoms with Gasteiger partial charge in [-0.1, -0.05) is 23.7 Å². The molecule has 2 saturated heterocycles. The zero-order valence-electron chi connectivity index (χ0n) is 17.2. The van der Waals surface area contributed by atoms with Crippen molar-refractivity contribution in [3.63, 3.8) is 0 Å². The highest BCUT2D eigenvalue weighted by atomic mass is 35.5. The van der Waals surface area contributed by atoms with Crippen LogP contribution in [0.15, 0.2) is 47.0 Å². The smallest absolute Gasteiger partial charge is 0.415 e. The molecule has 31 heavy (non-hydrogen) atoms. The van der Waals surface area contributed by atoms with Crippen molar-refractivity contribution in [2.24, 2.45) is 0 Å². The summed E-state index contributed by atoms with van der Waals surface area (Å²) in [6.07, 6.45) is 5.20. The van der Waals surface area contributed by atoms with Gasteiger partial charge in [0.15, 0.2) is 11.1 Å². The lowest BCUT2D eigenvalue weighted by atomic mass is 9.96. The highest BCUT2D eigenvalue weighted by Gasteiger charge is 2.41. The van der Waals surface area contributed by atoms with Crippen molar-refractivity contribution in [1.82, 2.24) is 15.2 Å². The Morgan fingerprint density at radius 1 is 1.23 bits per heavy atom. The van der Waals surface area contributed by atoms with E-state index in [0.717, 1.165) is 37.3 Å². The predicted octanol–water partition coefficient (Wildman–Crippen LogP) is 4.77. The van der Waals surface area contributed by atoms with E-state index < -0.39 is 6.09 Å². The first-order valence-corrected chi connectivity index (χ1v) is 10.9. The third-order valence-electron chi connectivity index (χ3n) is 6.25. The molecule has 8 heteroatoms.